The fraction of sp³-hybridized carbons (Fsp3) is 0.562. The van der Waals surface area contributed by atoms with E-state index in [0.29, 0.717) is 18.3 Å². The Hall–Kier alpha value is -1.51. The molecule has 1 aliphatic heterocycles. The van der Waals surface area contributed by atoms with Crippen molar-refractivity contribution in [1.29, 1.82) is 0 Å². The van der Waals surface area contributed by atoms with Crippen molar-refractivity contribution in [3.63, 3.8) is 0 Å². The van der Waals surface area contributed by atoms with Crippen LogP contribution in [0.1, 0.15) is 43.2 Å². The Morgan fingerprint density at radius 2 is 2.32 bits per heavy atom. The lowest BCUT2D eigenvalue weighted by Crippen LogP contribution is -2.26. The van der Waals surface area contributed by atoms with Crippen LogP contribution in [0.3, 0.4) is 0 Å². The first kappa shape index (κ1) is 12.5. The van der Waals surface area contributed by atoms with E-state index in [0.717, 1.165) is 37.0 Å². The number of hydrogen-bond donors (Lipinski definition) is 0. The van der Waals surface area contributed by atoms with Crippen molar-refractivity contribution < 1.29 is 14.3 Å². The number of rotatable bonds is 4. The molecule has 1 aromatic carbocycles. The van der Waals surface area contributed by atoms with Crippen molar-refractivity contribution in [3.05, 3.63) is 23.3 Å². The summed E-state index contributed by atoms with van der Waals surface area (Å²) in [7, 11) is 1.69. The summed E-state index contributed by atoms with van der Waals surface area (Å²) in [6.07, 6.45) is 5.08. The zero-order valence-corrected chi connectivity index (χ0v) is 11.5. The highest BCUT2D eigenvalue weighted by molar-refractivity contribution is 5.57. The second-order valence-electron chi connectivity index (χ2n) is 5.56. The molecular formula is C16H20O3. The summed E-state index contributed by atoms with van der Waals surface area (Å²) in [5.74, 6) is 2.76. The molecule has 3 rings (SSSR count). The van der Waals surface area contributed by atoms with Crippen LogP contribution in [0.15, 0.2) is 12.1 Å². The molecule has 1 aromatic rings. The second kappa shape index (κ2) is 4.87. The van der Waals surface area contributed by atoms with Gasteiger partial charge in [0, 0.05) is 17.9 Å². The molecule has 0 saturated heterocycles. The maximum atomic E-state index is 10.6. The average molecular weight is 260 g/mol. The lowest BCUT2D eigenvalue weighted by molar-refractivity contribution is -0.108. The van der Waals surface area contributed by atoms with E-state index >= 15 is 0 Å². The van der Waals surface area contributed by atoms with Crippen LogP contribution in [0.4, 0.5) is 0 Å². The number of carbonyl (C=O) groups is 1. The van der Waals surface area contributed by atoms with Gasteiger partial charge in [0.25, 0.3) is 0 Å². The Morgan fingerprint density at radius 3 is 3.05 bits per heavy atom. The van der Waals surface area contributed by atoms with Gasteiger partial charge in [0.1, 0.15) is 12.4 Å². The van der Waals surface area contributed by atoms with E-state index in [4.69, 9.17) is 9.47 Å². The van der Waals surface area contributed by atoms with E-state index in [1.165, 1.54) is 11.1 Å². The lowest BCUT2D eigenvalue weighted by atomic mass is 9.72. The predicted molar refractivity (Wildman–Crippen MR) is 72.9 cm³/mol. The first-order valence-corrected chi connectivity index (χ1v) is 7.06. The highest BCUT2D eigenvalue weighted by atomic mass is 16.5. The van der Waals surface area contributed by atoms with Gasteiger partial charge >= 0.3 is 0 Å². The summed E-state index contributed by atoms with van der Waals surface area (Å²) >= 11 is 0. The van der Waals surface area contributed by atoms with Gasteiger partial charge in [-0.05, 0) is 43.7 Å². The molecule has 3 nitrogen and oxygen atoms in total. The van der Waals surface area contributed by atoms with Gasteiger partial charge < -0.3 is 14.3 Å². The second-order valence-corrected chi connectivity index (χ2v) is 5.56. The third-order valence-corrected chi connectivity index (χ3v) is 4.56. The zero-order valence-electron chi connectivity index (χ0n) is 11.5. The molecule has 0 fully saturated rings. The zero-order chi connectivity index (χ0) is 13.4. The van der Waals surface area contributed by atoms with Gasteiger partial charge in [0.05, 0.1) is 7.11 Å². The van der Waals surface area contributed by atoms with Crippen molar-refractivity contribution in [2.24, 2.45) is 5.92 Å². The molecule has 102 valence electrons. The highest BCUT2D eigenvalue weighted by Gasteiger charge is 2.42. The third-order valence-electron chi connectivity index (χ3n) is 4.56. The van der Waals surface area contributed by atoms with Gasteiger partial charge in [-0.3, -0.25) is 0 Å². The maximum absolute atomic E-state index is 10.6. The minimum absolute atomic E-state index is 0.182. The summed E-state index contributed by atoms with van der Waals surface area (Å²) in [5.41, 5.74) is 2.74. The molecule has 19 heavy (non-hydrogen) atoms. The molecule has 1 aliphatic carbocycles. The van der Waals surface area contributed by atoms with Gasteiger partial charge in [-0.15, -0.1) is 0 Å². The molecule has 3 unspecified atom stereocenters. The molecule has 0 spiro atoms. The van der Waals surface area contributed by atoms with Crippen LogP contribution < -0.4 is 9.47 Å². The number of ether oxygens (including phenoxy) is 2. The Bertz CT molecular complexity index is 495. The molecule has 3 atom stereocenters. The Morgan fingerprint density at radius 1 is 1.47 bits per heavy atom. The molecule has 0 amide bonds. The smallest absolute Gasteiger partial charge is 0.165 e. The molecule has 0 radical (unpaired) electrons. The predicted octanol–water partition coefficient (Wildman–Crippen LogP) is 3.10. The average Bonchev–Trinajstić information content (AvgIpc) is 2.78. The first-order chi connectivity index (χ1) is 9.26. The van der Waals surface area contributed by atoms with Gasteiger partial charge in [-0.25, -0.2) is 0 Å². The topological polar surface area (TPSA) is 35.5 Å². The number of aryl methyl sites for hydroxylation is 1. The third kappa shape index (κ3) is 1.92. The largest absolute Gasteiger partial charge is 0.493 e. The summed E-state index contributed by atoms with van der Waals surface area (Å²) in [5, 5.41) is 0. The maximum Gasteiger partial charge on any atom is 0.165 e. The molecule has 0 aromatic heterocycles. The summed E-state index contributed by atoms with van der Waals surface area (Å²) in [4.78, 5) is 10.6. The van der Waals surface area contributed by atoms with Crippen LogP contribution in [0.2, 0.25) is 0 Å². The normalized spacial score (nSPS) is 27.6. The van der Waals surface area contributed by atoms with Crippen LogP contribution in [-0.2, 0) is 11.2 Å². The minimum Gasteiger partial charge on any atom is -0.493 e. The van der Waals surface area contributed by atoms with Crippen LogP contribution in [-0.4, -0.2) is 19.5 Å². The van der Waals surface area contributed by atoms with Crippen molar-refractivity contribution in [3.8, 4) is 11.5 Å². The SMILES string of the molecule is COc1ccc2c3c1OC(C)C3C(CCC=O)CC2. The Labute approximate surface area is 113 Å². The fourth-order valence-electron chi connectivity index (χ4n) is 3.73. The standard InChI is InChI=1S/C16H20O3/c1-10-14-11(4-3-9-17)5-6-12-7-8-13(18-2)16(19-10)15(12)14/h7-11,14H,3-6H2,1-2H3. The number of methoxy groups -OCH3 is 1. The van der Waals surface area contributed by atoms with Gasteiger partial charge in [0.15, 0.2) is 11.5 Å². The van der Waals surface area contributed by atoms with Crippen molar-refractivity contribution in [1.82, 2.24) is 0 Å². The van der Waals surface area contributed by atoms with Gasteiger partial charge in [0.2, 0.25) is 0 Å². The van der Waals surface area contributed by atoms with Crippen LogP contribution in [0.25, 0.3) is 0 Å². The number of carbonyl (C=O) groups excluding carboxylic acids is 1. The number of hydrogen-bond acceptors (Lipinski definition) is 3. The summed E-state index contributed by atoms with van der Waals surface area (Å²) in [6, 6.07) is 4.18. The molecule has 1 heterocycles. The molecular weight excluding hydrogens is 240 g/mol. The van der Waals surface area contributed by atoms with Gasteiger partial charge in [-0.2, -0.15) is 0 Å². The Kier molecular flexibility index (Phi) is 3.21. The molecule has 2 aliphatic rings. The minimum atomic E-state index is 0.182. The van der Waals surface area contributed by atoms with Crippen molar-refractivity contribution in [2.75, 3.05) is 7.11 Å². The summed E-state index contributed by atoms with van der Waals surface area (Å²) < 4.78 is 11.5. The number of aldehydes is 1. The van der Waals surface area contributed by atoms with Crippen molar-refractivity contribution >= 4 is 6.29 Å². The van der Waals surface area contributed by atoms with Gasteiger partial charge in [-0.1, -0.05) is 6.07 Å². The first-order valence-electron chi connectivity index (χ1n) is 7.06. The van der Waals surface area contributed by atoms with E-state index in [-0.39, 0.29) is 6.10 Å². The fourth-order valence-corrected chi connectivity index (χ4v) is 3.73. The van der Waals surface area contributed by atoms with Crippen LogP contribution in [0, 0.1) is 5.92 Å². The van der Waals surface area contributed by atoms with E-state index in [1.54, 1.807) is 7.11 Å². The number of benzene rings is 1. The highest BCUT2D eigenvalue weighted by Crippen LogP contribution is 2.53. The molecule has 0 N–H and O–H groups in total. The van der Waals surface area contributed by atoms with Crippen molar-refractivity contribution in [2.45, 2.75) is 44.6 Å². The van der Waals surface area contributed by atoms with Crippen LogP contribution in [0.5, 0.6) is 11.5 Å². The Balaban J connectivity index is 2.00. The molecule has 0 saturated carbocycles. The van der Waals surface area contributed by atoms with E-state index in [2.05, 4.69) is 13.0 Å². The summed E-state index contributed by atoms with van der Waals surface area (Å²) in [6.45, 7) is 2.13. The van der Waals surface area contributed by atoms with E-state index < -0.39 is 0 Å². The van der Waals surface area contributed by atoms with E-state index in [9.17, 15) is 4.79 Å². The molecule has 0 bridgehead atoms. The monoisotopic (exact) mass is 260 g/mol. The quantitative estimate of drug-likeness (QED) is 0.780. The van der Waals surface area contributed by atoms with Crippen LogP contribution >= 0.6 is 0 Å². The lowest BCUT2D eigenvalue weighted by Gasteiger charge is -2.31. The molecule has 3 heteroatoms. The van der Waals surface area contributed by atoms with E-state index in [1.807, 2.05) is 6.07 Å².